The summed E-state index contributed by atoms with van der Waals surface area (Å²) >= 11 is 0. The van der Waals surface area contributed by atoms with Gasteiger partial charge in [-0.3, -0.25) is 9.59 Å². The highest BCUT2D eigenvalue weighted by Gasteiger charge is 2.12. The maximum Gasteiger partial charge on any atom is 0.246 e. The van der Waals surface area contributed by atoms with Crippen molar-refractivity contribution in [3.8, 4) is 0 Å². The number of carbonyl (C=O) groups is 2. The molecular formula is C4H8N2O3. The van der Waals surface area contributed by atoms with Gasteiger partial charge in [0.25, 0.3) is 0 Å². The maximum atomic E-state index is 10.00. The van der Waals surface area contributed by atoms with Crippen LogP contribution in [0, 0.1) is 0 Å². The smallest absolute Gasteiger partial charge is 0.246 e. The molecule has 52 valence electrons. The van der Waals surface area contributed by atoms with Crippen LogP contribution >= 0.6 is 0 Å². The molecule has 0 aliphatic rings. The predicted molar refractivity (Wildman–Crippen MR) is 29.0 cm³/mol. The zero-order valence-corrected chi connectivity index (χ0v) is 4.70. The maximum absolute atomic E-state index is 10.00. The van der Waals surface area contributed by atoms with Crippen LogP contribution in [0.2, 0.25) is 0 Å². The second-order valence-corrected chi connectivity index (χ2v) is 1.59. The van der Waals surface area contributed by atoms with Crippen LogP contribution < -0.4 is 11.5 Å². The van der Waals surface area contributed by atoms with Gasteiger partial charge >= 0.3 is 0 Å². The Morgan fingerprint density at radius 1 is 1.44 bits per heavy atom. The molecule has 0 fully saturated rings. The van der Waals surface area contributed by atoms with Gasteiger partial charge in [-0.25, -0.2) is 0 Å². The van der Waals surface area contributed by atoms with Crippen molar-refractivity contribution >= 4 is 11.8 Å². The van der Waals surface area contributed by atoms with Crippen molar-refractivity contribution in [3.05, 3.63) is 0 Å². The Hall–Kier alpha value is -1.10. The minimum atomic E-state index is -1.44. The van der Waals surface area contributed by atoms with E-state index in [1.807, 2.05) is 0 Å². The number of amides is 2. The Labute approximate surface area is 51.6 Å². The monoisotopic (exact) mass is 132 g/mol. The zero-order chi connectivity index (χ0) is 7.44. The molecule has 0 aromatic carbocycles. The number of hydrogen-bond acceptors (Lipinski definition) is 3. The van der Waals surface area contributed by atoms with E-state index in [0.29, 0.717) is 0 Å². The fourth-order valence-corrected chi connectivity index (χ4v) is 0.291. The van der Waals surface area contributed by atoms with Gasteiger partial charge in [0.15, 0.2) is 0 Å². The van der Waals surface area contributed by atoms with Crippen LogP contribution in [0.15, 0.2) is 0 Å². The SMILES string of the molecule is NC(=O)CC(O)C(N)=O. The summed E-state index contributed by atoms with van der Waals surface area (Å²) in [6.07, 6.45) is -1.85. The number of hydrogen-bond donors (Lipinski definition) is 3. The molecule has 0 aliphatic carbocycles. The van der Waals surface area contributed by atoms with Crippen molar-refractivity contribution in [2.24, 2.45) is 11.5 Å². The molecule has 0 rings (SSSR count). The molecule has 0 spiro atoms. The minimum absolute atomic E-state index is 0.407. The van der Waals surface area contributed by atoms with E-state index < -0.39 is 24.3 Å². The average molecular weight is 132 g/mol. The van der Waals surface area contributed by atoms with E-state index in [-0.39, 0.29) is 0 Å². The second-order valence-electron chi connectivity index (χ2n) is 1.59. The molecule has 2 amide bonds. The highest BCUT2D eigenvalue weighted by Crippen LogP contribution is 1.86. The van der Waals surface area contributed by atoms with Crippen molar-refractivity contribution < 1.29 is 14.7 Å². The summed E-state index contributed by atoms with van der Waals surface area (Å²) in [6, 6.07) is 0. The molecule has 5 N–H and O–H groups in total. The molecule has 0 heterocycles. The summed E-state index contributed by atoms with van der Waals surface area (Å²) in [5, 5.41) is 8.52. The third-order valence-corrected chi connectivity index (χ3v) is 0.723. The van der Waals surface area contributed by atoms with Gasteiger partial charge in [0, 0.05) is 0 Å². The van der Waals surface area contributed by atoms with Crippen LogP contribution in [-0.4, -0.2) is 23.0 Å². The Morgan fingerprint density at radius 2 is 1.89 bits per heavy atom. The lowest BCUT2D eigenvalue weighted by Gasteiger charge is -2.00. The van der Waals surface area contributed by atoms with E-state index in [4.69, 9.17) is 5.11 Å². The lowest BCUT2D eigenvalue weighted by Crippen LogP contribution is -2.32. The molecule has 0 radical (unpaired) electrons. The zero-order valence-electron chi connectivity index (χ0n) is 4.70. The molecule has 9 heavy (non-hydrogen) atoms. The lowest BCUT2D eigenvalue weighted by atomic mass is 10.2. The molecule has 0 saturated carbocycles. The quantitative estimate of drug-likeness (QED) is 0.402. The van der Waals surface area contributed by atoms with E-state index in [0.717, 1.165) is 0 Å². The molecule has 5 nitrogen and oxygen atoms in total. The van der Waals surface area contributed by atoms with Crippen LogP contribution in [0.5, 0.6) is 0 Å². The number of aliphatic hydroxyl groups excluding tert-OH is 1. The number of rotatable bonds is 3. The first-order valence-electron chi connectivity index (χ1n) is 2.29. The van der Waals surface area contributed by atoms with Crippen LogP contribution in [0.4, 0.5) is 0 Å². The highest BCUT2D eigenvalue weighted by atomic mass is 16.3. The first-order chi connectivity index (χ1) is 4.04. The molecular weight excluding hydrogens is 124 g/mol. The lowest BCUT2D eigenvalue weighted by molar-refractivity contribution is -0.131. The third-order valence-electron chi connectivity index (χ3n) is 0.723. The molecule has 0 aromatic heterocycles. The van der Waals surface area contributed by atoms with Gasteiger partial charge in [0.2, 0.25) is 11.8 Å². The molecule has 5 heteroatoms. The summed E-state index contributed by atoms with van der Waals surface area (Å²) in [6.45, 7) is 0. The number of nitrogens with two attached hydrogens (primary N) is 2. The summed E-state index contributed by atoms with van der Waals surface area (Å²) < 4.78 is 0. The largest absolute Gasteiger partial charge is 0.383 e. The average Bonchev–Trinajstić information content (AvgIpc) is 1.63. The first-order valence-corrected chi connectivity index (χ1v) is 2.29. The van der Waals surface area contributed by atoms with Crippen molar-refractivity contribution in [1.82, 2.24) is 0 Å². The van der Waals surface area contributed by atoms with Crippen LogP contribution in [0.25, 0.3) is 0 Å². The van der Waals surface area contributed by atoms with E-state index in [1.54, 1.807) is 0 Å². The standard InChI is InChI=1S/C4H8N2O3/c5-3(8)1-2(7)4(6)9/h2,7H,1H2,(H2,5,8)(H2,6,9). The molecule has 0 saturated heterocycles. The van der Waals surface area contributed by atoms with E-state index in [9.17, 15) is 9.59 Å². The fraction of sp³-hybridized carbons (Fsp3) is 0.500. The van der Waals surface area contributed by atoms with Gasteiger partial charge in [-0.15, -0.1) is 0 Å². The topological polar surface area (TPSA) is 106 Å². The Kier molecular flexibility index (Phi) is 2.66. The normalized spacial score (nSPS) is 12.6. The molecule has 0 aromatic rings. The molecule has 0 aliphatic heterocycles. The Morgan fingerprint density at radius 3 is 2.00 bits per heavy atom. The first kappa shape index (κ1) is 7.90. The van der Waals surface area contributed by atoms with Crippen molar-refractivity contribution in [1.29, 1.82) is 0 Å². The van der Waals surface area contributed by atoms with Crippen LogP contribution in [0.3, 0.4) is 0 Å². The Bertz CT molecular complexity index is 134. The van der Waals surface area contributed by atoms with Crippen molar-refractivity contribution in [2.75, 3.05) is 0 Å². The van der Waals surface area contributed by atoms with E-state index in [1.165, 1.54) is 0 Å². The third kappa shape index (κ3) is 3.48. The minimum Gasteiger partial charge on any atom is -0.383 e. The van der Waals surface area contributed by atoms with Crippen LogP contribution in [-0.2, 0) is 9.59 Å². The van der Waals surface area contributed by atoms with Crippen LogP contribution in [0.1, 0.15) is 6.42 Å². The van der Waals surface area contributed by atoms with E-state index >= 15 is 0 Å². The summed E-state index contributed by atoms with van der Waals surface area (Å²) in [5.41, 5.74) is 9.21. The highest BCUT2D eigenvalue weighted by molar-refractivity contribution is 5.85. The molecule has 0 bridgehead atoms. The summed E-state index contributed by atoms with van der Waals surface area (Å²) in [5.74, 6) is -1.69. The van der Waals surface area contributed by atoms with Gasteiger partial charge in [0.1, 0.15) is 6.10 Å². The van der Waals surface area contributed by atoms with Crippen molar-refractivity contribution in [3.63, 3.8) is 0 Å². The number of primary amides is 2. The summed E-state index contributed by atoms with van der Waals surface area (Å²) in [4.78, 5) is 20.0. The van der Waals surface area contributed by atoms with Gasteiger partial charge in [-0.05, 0) is 0 Å². The Balaban J connectivity index is 3.63. The van der Waals surface area contributed by atoms with Gasteiger partial charge < -0.3 is 16.6 Å². The van der Waals surface area contributed by atoms with E-state index in [2.05, 4.69) is 11.5 Å². The predicted octanol–water partition coefficient (Wildman–Crippen LogP) is -2.29. The van der Waals surface area contributed by atoms with Gasteiger partial charge in [-0.2, -0.15) is 0 Å². The van der Waals surface area contributed by atoms with Gasteiger partial charge in [0.05, 0.1) is 6.42 Å². The number of aliphatic hydroxyl groups is 1. The fourth-order valence-electron chi connectivity index (χ4n) is 0.291. The summed E-state index contributed by atoms with van der Waals surface area (Å²) in [7, 11) is 0. The van der Waals surface area contributed by atoms with Gasteiger partial charge in [-0.1, -0.05) is 0 Å². The number of carbonyl (C=O) groups excluding carboxylic acids is 2. The van der Waals surface area contributed by atoms with Crippen molar-refractivity contribution in [2.45, 2.75) is 12.5 Å². The molecule has 1 atom stereocenters. The molecule has 1 unspecified atom stereocenters. The second kappa shape index (κ2) is 3.03.